The lowest BCUT2D eigenvalue weighted by molar-refractivity contribution is 0.234. The lowest BCUT2D eigenvalue weighted by atomic mass is 10.1. The number of nitrogens with one attached hydrogen (secondary N) is 1. The number of hydrogen-bond donors (Lipinski definition) is 2. The van der Waals surface area contributed by atoms with Gasteiger partial charge in [0, 0.05) is 36.1 Å². The molecule has 0 bridgehead atoms. The van der Waals surface area contributed by atoms with Crippen molar-refractivity contribution in [3.05, 3.63) is 29.3 Å². The molecule has 0 aromatic heterocycles. The Kier molecular flexibility index (Phi) is 5.00. The number of anilines is 2. The van der Waals surface area contributed by atoms with Crippen LogP contribution in [0.3, 0.4) is 0 Å². The zero-order chi connectivity index (χ0) is 14.7. The Morgan fingerprint density at radius 1 is 1.50 bits per heavy atom. The largest absolute Gasteiger partial charge is 0.397 e. The van der Waals surface area contributed by atoms with Gasteiger partial charge >= 0.3 is 0 Å². The molecule has 0 saturated heterocycles. The number of fused-ring (bicyclic) bond motifs is 1. The molecule has 0 amide bonds. The van der Waals surface area contributed by atoms with Crippen LogP contribution >= 0.6 is 11.8 Å². The maximum Gasteiger partial charge on any atom is 0.0631 e. The number of nitrogens with zero attached hydrogens (tertiary/aromatic N) is 1. The molecule has 0 fully saturated rings. The first kappa shape index (κ1) is 15.3. The van der Waals surface area contributed by atoms with Gasteiger partial charge in [-0.25, -0.2) is 0 Å². The maximum absolute atomic E-state index is 6.15. The van der Waals surface area contributed by atoms with Crippen molar-refractivity contribution in [2.24, 2.45) is 0 Å². The van der Waals surface area contributed by atoms with Crippen LogP contribution in [0.2, 0.25) is 0 Å². The molecule has 0 aliphatic carbocycles. The van der Waals surface area contributed by atoms with E-state index >= 15 is 0 Å². The molecule has 0 unspecified atom stereocenters. The van der Waals surface area contributed by atoms with Crippen LogP contribution < -0.4 is 11.1 Å². The quantitative estimate of drug-likeness (QED) is 0.507. The van der Waals surface area contributed by atoms with Gasteiger partial charge in [-0.15, -0.1) is 11.8 Å². The summed E-state index contributed by atoms with van der Waals surface area (Å²) in [5, 5.41) is 3.53. The number of hydrogen-bond acceptors (Lipinski definition) is 4. The molecule has 1 aliphatic rings. The van der Waals surface area contributed by atoms with Crippen molar-refractivity contribution in [1.29, 1.82) is 0 Å². The molecule has 0 radical (unpaired) electrons. The first-order valence-electron chi connectivity index (χ1n) is 7.09. The highest BCUT2D eigenvalue weighted by Crippen LogP contribution is 2.35. The highest BCUT2D eigenvalue weighted by atomic mass is 32.2. The van der Waals surface area contributed by atoms with Gasteiger partial charge in [0.1, 0.15) is 0 Å². The van der Waals surface area contributed by atoms with Crippen LogP contribution in [-0.2, 0) is 6.54 Å². The highest BCUT2D eigenvalue weighted by Gasteiger charge is 2.22. The van der Waals surface area contributed by atoms with Crippen molar-refractivity contribution in [3.63, 3.8) is 0 Å². The van der Waals surface area contributed by atoms with Gasteiger partial charge in [0.15, 0.2) is 0 Å². The first-order valence-corrected chi connectivity index (χ1v) is 8.32. The summed E-state index contributed by atoms with van der Waals surface area (Å²) in [6.45, 7) is 9.46. The second-order valence-electron chi connectivity index (χ2n) is 5.65. The Morgan fingerprint density at radius 3 is 2.90 bits per heavy atom. The molecule has 20 heavy (non-hydrogen) atoms. The van der Waals surface area contributed by atoms with E-state index in [0.717, 1.165) is 31.0 Å². The molecular formula is C16H25N3S. The Hall–Kier alpha value is -1.13. The van der Waals surface area contributed by atoms with Crippen LogP contribution in [0.5, 0.6) is 0 Å². The number of benzene rings is 1. The van der Waals surface area contributed by atoms with Crippen molar-refractivity contribution < 1.29 is 0 Å². The second kappa shape index (κ2) is 6.55. The molecule has 0 spiro atoms. The van der Waals surface area contributed by atoms with Crippen molar-refractivity contribution in [2.75, 3.05) is 30.4 Å². The average Bonchev–Trinajstić information content (AvgIpc) is 2.57. The van der Waals surface area contributed by atoms with Crippen LogP contribution in [0.25, 0.3) is 0 Å². The van der Waals surface area contributed by atoms with E-state index in [0.29, 0.717) is 6.04 Å². The number of nitrogens with two attached hydrogens (primary N) is 1. The number of nitrogen functional groups attached to an aromatic ring is 1. The third-order valence-electron chi connectivity index (χ3n) is 3.81. The Bertz CT molecular complexity index is 507. The molecule has 3 N–H and O–H groups in total. The van der Waals surface area contributed by atoms with Crippen LogP contribution in [-0.4, -0.2) is 30.3 Å². The fraction of sp³-hybridized carbons (Fsp3) is 0.500. The van der Waals surface area contributed by atoms with E-state index < -0.39 is 0 Å². The standard InChI is InChI=1S/C16H25N3S/c1-11(2)7-8-19-10-13-15(20-4)6-5-14(17)16(13)18-9-12(19)3/h5-7,12,18H,8-10,17H2,1-4H3/t12-/m0/s1. The lowest BCUT2D eigenvalue weighted by Gasteiger charge is -2.26. The van der Waals surface area contributed by atoms with Crippen molar-refractivity contribution in [1.82, 2.24) is 4.90 Å². The van der Waals surface area contributed by atoms with E-state index in [-0.39, 0.29) is 0 Å². The third kappa shape index (κ3) is 3.30. The van der Waals surface area contributed by atoms with Crippen molar-refractivity contribution in [2.45, 2.75) is 38.3 Å². The van der Waals surface area contributed by atoms with E-state index in [4.69, 9.17) is 5.73 Å². The second-order valence-corrected chi connectivity index (χ2v) is 6.50. The van der Waals surface area contributed by atoms with Gasteiger partial charge in [-0.05, 0) is 39.2 Å². The zero-order valence-electron chi connectivity index (χ0n) is 12.9. The summed E-state index contributed by atoms with van der Waals surface area (Å²) >= 11 is 1.79. The van der Waals surface area contributed by atoms with Crippen LogP contribution in [0.4, 0.5) is 11.4 Å². The van der Waals surface area contributed by atoms with Crippen molar-refractivity contribution >= 4 is 23.1 Å². The van der Waals surface area contributed by atoms with E-state index in [1.807, 2.05) is 6.07 Å². The van der Waals surface area contributed by atoms with E-state index in [1.54, 1.807) is 11.8 Å². The summed E-state index contributed by atoms with van der Waals surface area (Å²) in [5.74, 6) is 0. The first-order chi connectivity index (χ1) is 9.52. The van der Waals surface area contributed by atoms with Gasteiger partial charge in [-0.3, -0.25) is 4.90 Å². The van der Waals surface area contributed by atoms with Gasteiger partial charge in [0.25, 0.3) is 0 Å². The molecule has 1 aromatic rings. The SMILES string of the molecule is CSc1ccc(N)c2c1CN(CC=C(C)C)[C@@H](C)CN2. The average molecular weight is 291 g/mol. The van der Waals surface area contributed by atoms with E-state index in [1.165, 1.54) is 16.0 Å². The molecule has 3 nitrogen and oxygen atoms in total. The normalized spacial score (nSPS) is 18.9. The molecule has 1 aliphatic heterocycles. The highest BCUT2D eigenvalue weighted by molar-refractivity contribution is 7.98. The molecule has 1 aromatic carbocycles. The maximum atomic E-state index is 6.15. The zero-order valence-corrected chi connectivity index (χ0v) is 13.7. The lowest BCUT2D eigenvalue weighted by Crippen LogP contribution is -2.35. The third-order valence-corrected chi connectivity index (χ3v) is 4.64. The number of rotatable bonds is 3. The molecule has 1 heterocycles. The minimum atomic E-state index is 0.493. The molecule has 2 rings (SSSR count). The minimum Gasteiger partial charge on any atom is -0.397 e. The number of allylic oxidation sites excluding steroid dienone is 1. The van der Waals surface area contributed by atoms with Gasteiger partial charge < -0.3 is 11.1 Å². The summed E-state index contributed by atoms with van der Waals surface area (Å²) < 4.78 is 0. The predicted molar refractivity (Wildman–Crippen MR) is 90.4 cm³/mol. The Balaban J connectivity index is 2.34. The van der Waals surface area contributed by atoms with Gasteiger partial charge in [-0.2, -0.15) is 0 Å². The van der Waals surface area contributed by atoms with Gasteiger partial charge in [0.05, 0.1) is 11.4 Å². The molecule has 4 heteroatoms. The van der Waals surface area contributed by atoms with Gasteiger partial charge in [-0.1, -0.05) is 11.6 Å². The molecule has 0 saturated carbocycles. The predicted octanol–water partition coefficient (Wildman–Crippen LogP) is 3.57. The number of thioether (sulfide) groups is 1. The summed E-state index contributed by atoms with van der Waals surface area (Å²) in [6.07, 6.45) is 4.42. The molecule has 1 atom stereocenters. The minimum absolute atomic E-state index is 0.493. The van der Waals surface area contributed by atoms with Crippen LogP contribution in [0, 0.1) is 0 Å². The van der Waals surface area contributed by atoms with E-state index in [2.05, 4.69) is 49.4 Å². The summed E-state index contributed by atoms with van der Waals surface area (Å²) in [4.78, 5) is 3.82. The smallest absolute Gasteiger partial charge is 0.0631 e. The fourth-order valence-corrected chi connectivity index (χ4v) is 3.10. The molecular weight excluding hydrogens is 266 g/mol. The van der Waals surface area contributed by atoms with E-state index in [9.17, 15) is 0 Å². The summed E-state index contributed by atoms with van der Waals surface area (Å²) in [5.41, 5.74) is 10.8. The summed E-state index contributed by atoms with van der Waals surface area (Å²) in [7, 11) is 0. The van der Waals surface area contributed by atoms with Crippen LogP contribution in [0.1, 0.15) is 26.3 Å². The summed E-state index contributed by atoms with van der Waals surface area (Å²) in [6, 6.07) is 4.64. The Morgan fingerprint density at radius 2 is 2.25 bits per heavy atom. The topological polar surface area (TPSA) is 41.3 Å². The fourth-order valence-electron chi connectivity index (χ4n) is 2.49. The Labute approximate surface area is 126 Å². The van der Waals surface area contributed by atoms with Crippen molar-refractivity contribution in [3.8, 4) is 0 Å². The van der Waals surface area contributed by atoms with Crippen LogP contribution in [0.15, 0.2) is 28.7 Å². The monoisotopic (exact) mass is 291 g/mol. The molecule has 110 valence electrons. The van der Waals surface area contributed by atoms with Gasteiger partial charge in [0.2, 0.25) is 0 Å².